The van der Waals surface area contributed by atoms with E-state index in [0.717, 1.165) is 12.3 Å². The number of hydrogen-bond donors (Lipinski definition) is 1. The largest absolute Gasteiger partial charge is 0.393 e. The second-order valence-electron chi connectivity index (χ2n) is 3.50. The van der Waals surface area contributed by atoms with Gasteiger partial charge in [-0.3, -0.25) is 0 Å². The molecule has 9 heavy (non-hydrogen) atoms. The van der Waals surface area contributed by atoms with Crippen LogP contribution in [0.25, 0.3) is 0 Å². The summed E-state index contributed by atoms with van der Waals surface area (Å²) >= 11 is 0. The van der Waals surface area contributed by atoms with E-state index in [-0.39, 0.29) is 6.10 Å². The van der Waals surface area contributed by atoms with E-state index in [1.165, 1.54) is 0 Å². The Morgan fingerprint density at radius 3 is 1.78 bits per heavy atom. The molecule has 0 bridgehead atoms. The Bertz CT molecular complexity index is 88.7. The molecule has 0 radical (unpaired) electrons. The van der Waals surface area contributed by atoms with Gasteiger partial charge in [0.05, 0.1) is 6.10 Å². The van der Waals surface area contributed by atoms with E-state index in [0.29, 0.717) is 11.8 Å². The van der Waals surface area contributed by atoms with Crippen molar-refractivity contribution in [3.63, 3.8) is 0 Å². The third kappa shape index (κ3) is 1.11. The van der Waals surface area contributed by atoms with Crippen molar-refractivity contribution < 1.29 is 5.11 Å². The summed E-state index contributed by atoms with van der Waals surface area (Å²) in [7, 11) is 0. The normalized spacial score (nSPS) is 52.0. The van der Waals surface area contributed by atoms with Crippen molar-refractivity contribution in [3.8, 4) is 0 Å². The van der Waals surface area contributed by atoms with Crippen LogP contribution in [0.3, 0.4) is 0 Å². The van der Waals surface area contributed by atoms with Crippen LogP contribution in [0.15, 0.2) is 0 Å². The second-order valence-corrected chi connectivity index (χ2v) is 3.50. The van der Waals surface area contributed by atoms with E-state index in [1.807, 2.05) is 0 Å². The van der Waals surface area contributed by atoms with E-state index >= 15 is 0 Å². The number of aliphatic hydroxyl groups is 1. The van der Waals surface area contributed by atoms with Crippen molar-refractivity contribution in [2.45, 2.75) is 33.3 Å². The Morgan fingerprint density at radius 1 is 1.11 bits per heavy atom. The smallest absolute Gasteiger partial charge is 0.0571 e. The van der Waals surface area contributed by atoms with Gasteiger partial charge in [-0.2, -0.15) is 0 Å². The molecule has 0 aromatic heterocycles. The summed E-state index contributed by atoms with van der Waals surface area (Å²) in [5.41, 5.74) is 0. The lowest BCUT2D eigenvalue weighted by molar-refractivity contribution is 0.130. The van der Waals surface area contributed by atoms with E-state index in [9.17, 15) is 5.11 Å². The molecule has 1 rings (SSSR count). The number of aliphatic hydroxyl groups excluding tert-OH is 1. The number of hydrogen-bond acceptors (Lipinski definition) is 1. The molecule has 0 amide bonds. The maximum Gasteiger partial charge on any atom is 0.0571 e. The topological polar surface area (TPSA) is 20.2 Å². The standard InChI is InChI=1S/C8H16O/c1-5-4-8(9)7(3)6(5)2/h5-9H,4H2,1-3H3. The average Bonchev–Trinajstić information content (AvgIpc) is 1.98. The zero-order valence-electron chi connectivity index (χ0n) is 6.46. The van der Waals surface area contributed by atoms with Crippen molar-refractivity contribution in [2.24, 2.45) is 17.8 Å². The van der Waals surface area contributed by atoms with Gasteiger partial charge in [-0.25, -0.2) is 0 Å². The van der Waals surface area contributed by atoms with Crippen LogP contribution in [0.4, 0.5) is 0 Å². The predicted octanol–water partition coefficient (Wildman–Crippen LogP) is 1.66. The molecule has 1 fully saturated rings. The van der Waals surface area contributed by atoms with Gasteiger partial charge < -0.3 is 5.11 Å². The van der Waals surface area contributed by atoms with Gasteiger partial charge in [-0.05, 0) is 24.2 Å². The van der Waals surface area contributed by atoms with Crippen molar-refractivity contribution >= 4 is 0 Å². The lowest BCUT2D eigenvalue weighted by Gasteiger charge is -2.13. The molecule has 1 heteroatoms. The van der Waals surface area contributed by atoms with Crippen LogP contribution in [0.5, 0.6) is 0 Å². The third-order valence-corrected chi connectivity index (χ3v) is 2.95. The molecule has 1 saturated carbocycles. The van der Waals surface area contributed by atoms with E-state index < -0.39 is 0 Å². The average molecular weight is 128 g/mol. The second kappa shape index (κ2) is 2.30. The minimum atomic E-state index is -0.0324. The van der Waals surface area contributed by atoms with Crippen molar-refractivity contribution in [1.29, 1.82) is 0 Å². The SMILES string of the molecule is CC1CC(O)C(C)C1C. The van der Waals surface area contributed by atoms with Crippen LogP contribution < -0.4 is 0 Å². The fourth-order valence-corrected chi connectivity index (χ4v) is 1.68. The Balaban J connectivity index is 2.54. The van der Waals surface area contributed by atoms with Gasteiger partial charge in [0.1, 0.15) is 0 Å². The summed E-state index contributed by atoms with van der Waals surface area (Å²) in [5, 5.41) is 9.34. The zero-order chi connectivity index (χ0) is 7.02. The van der Waals surface area contributed by atoms with Crippen LogP contribution in [-0.4, -0.2) is 11.2 Å². The maximum atomic E-state index is 9.34. The van der Waals surface area contributed by atoms with Crippen molar-refractivity contribution in [2.75, 3.05) is 0 Å². The lowest BCUT2D eigenvalue weighted by atomic mass is 9.94. The Kier molecular flexibility index (Phi) is 1.80. The quantitative estimate of drug-likeness (QED) is 0.526. The molecule has 4 atom stereocenters. The van der Waals surface area contributed by atoms with E-state index in [2.05, 4.69) is 20.8 Å². The molecule has 0 spiro atoms. The summed E-state index contributed by atoms with van der Waals surface area (Å²) < 4.78 is 0. The van der Waals surface area contributed by atoms with Crippen molar-refractivity contribution in [1.82, 2.24) is 0 Å². The minimum absolute atomic E-state index is 0.0324. The molecule has 0 aliphatic heterocycles. The van der Waals surface area contributed by atoms with Crippen LogP contribution in [0.2, 0.25) is 0 Å². The van der Waals surface area contributed by atoms with Crippen LogP contribution in [0.1, 0.15) is 27.2 Å². The van der Waals surface area contributed by atoms with Crippen molar-refractivity contribution in [3.05, 3.63) is 0 Å². The molecule has 0 heterocycles. The number of rotatable bonds is 0. The molecule has 1 nitrogen and oxygen atoms in total. The van der Waals surface area contributed by atoms with Gasteiger partial charge in [-0.15, -0.1) is 0 Å². The summed E-state index contributed by atoms with van der Waals surface area (Å²) in [6.45, 7) is 6.59. The van der Waals surface area contributed by atoms with Gasteiger partial charge >= 0.3 is 0 Å². The molecule has 1 N–H and O–H groups in total. The van der Waals surface area contributed by atoms with Gasteiger partial charge in [-0.1, -0.05) is 20.8 Å². The first-order valence-electron chi connectivity index (χ1n) is 3.81. The molecule has 4 unspecified atom stereocenters. The fraction of sp³-hybridized carbons (Fsp3) is 1.00. The van der Waals surface area contributed by atoms with E-state index in [4.69, 9.17) is 0 Å². The fourth-order valence-electron chi connectivity index (χ4n) is 1.68. The van der Waals surface area contributed by atoms with Crippen LogP contribution in [-0.2, 0) is 0 Å². The molecule has 0 aromatic carbocycles. The molecule has 1 aliphatic carbocycles. The minimum Gasteiger partial charge on any atom is -0.393 e. The van der Waals surface area contributed by atoms with Crippen LogP contribution in [0, 0.1) is 17.8 Å². The predicted molar refractivity (Wildman–Crippen MR) is 38.1 cm³/mol. The lowest BCUT2D eigenvalue weighted by Crippen LogP contribution is -2.13. The molecular formula is C8H16O. The highest BCUT2D eigenvalue weighted by molar-refractivity contribution is 4.83. The zero-order valence-corrected chi connectivity index (χ0v) is 6.46. The third-order valence-electron chi connectivity index (χ3n) is 2.95. The van der Waals surface area contributed by atoms with Gasteiger partial charge in [0.25, 0.3) is 0 Å². The molecule has 1 aliphatic rings. The highest BCUT2D eigenvalue weighted by Gasteiger charge is 2.33. The van der Waals surface area contributed by atoms with Gasteiger partial charge in [0.15, 0.2) is 0 Å². The first kappa shape index (κ1) is 7.07. The Morgan fingerprint density at radius 2 is 1.67 bits per heavy atom. The summed E-state index contributed by atoms with van der Waals surface area (Å²) in [5.74, 6) is 1.94. The summed E-state index contributed by atoms with van der Waals surface area (Å²) in [6, 6.07) is 0. The molecule has 0 aromatic rings. The molecular weight excluding hydrogens is 112 g/mol. The Hall–Kier alpha value is -0.0400. The van der Waals surface area contributed by atoms with Gasteiger partial charge in [0, 0.05) is 0 Å². The first-order valence-corrected chi connectivity index (χ1v) is 3.81. The highest BCUT2D eigenvalue weighted by Crippen LogP contribution is 2.35. The maximum absolute atomic E-state index is 9.34. The highest BCUT2D eigenvalue weighted by atomic mass is 16.3. The molecule has 0 saturated heterocycles. The summed E-state index contributed by atoms with van der Waals surface area (Å²) in [6.07, 6.45) is 0.970. The first-order chi connectivity index (χ1) is 4.13. The van der Waals surface area contributed by atoms with Gasteiger partial charge in [0.2, 0.25) is 0 Å². The van der Waals surface area contributed by atoms with Crippen LogP contribution >= 0.6 is 0 Å². The Labute approximate surface area is 57.1 Å². The monoisotopic (exact) mass is 128 g/mol. The van der Waals surface area contributed by atoms with E-state index in [1.54, 1.807) is 0 Å². The summed E-state index contributed by atoms with van der Waals surface area (Å²) in [4.78, 5) is 0. The molecule has 54 valence electrons.